The van der Waals surface area contributed by atoms with Crippen molar-refractivity contribution in [1.29, 1.82) is 0 Å². The maximum atomic E-state index is 12.9. The Hall–Kier alpha value is -3.40. The molecule has 2 atom stereocenters. The molecular formula is C23H23F3N6O. The number of rotatable bonds is 4. The highest BCUT2D eigenvalue weighted by molar-refractivity contribution is 5.66. The summed E-state index contributed by atoms with van der Waals surface area (Å²) in [5.41, 5.74) is 1.53. The van der Waals surface area contributed by atoms with Gasteiger partial charge in [-0.1, -0.05) is 0 Å². The number of nitrogens with one attached hydrogen (secondary N) is 1. The number of imidazole rings is 1. The zero-order valence-corrected chi connectivity index (χ0v) is 17.9. The van der Waals surface area contributed by atoms with E-state index in [1.807, 2.05) is 29.7 Å². The maximum absolute atomic E-state index is 12.9. The van der Waals surface area contributed by atoms with E-state index in [0.29, 0.717) is 6.42 Å². The van der Waals surface area contributed by atoms with Crippen molar-refractivity contribution in [3.8, 4) is 17.1 Å². The van der Waals surface area contributed by atoms with Gasteiger partial charge in [-0.2, -0.15) is 18.3 Å². The lowest BCUT2D eigenvalue weighted by Gasteiger charge is -2.34. The number of pyridine rings is 2. The average molecular weight is 456 g/mol. The first-order chi connectivity index (χ1) is 15.7. The molecule has 1 aliphatic carbocycles. The lowest BCUT2D eigenvalue weighted by molar-refractivity contribution is -0.141. The second-order valence-electron chi connectivity index (χ2n) is 8.77. The Bertz CT molecular complexity index is 1290. The summed E-state index contributed by atoms with van der Waals surface area (Å²) in [5.74, 6) is 0.275. The number of aromatic nitrogens is 5. The minimum absolute atomic E-state index is 0.174. The van der Waals surface area contributed by atoms with Crippen molar-refractivity contribution >= 4 is 11.3 Å². The van der Waals surface area contributed by atoms with E-state index in [4.69, 9.17) is 0 Å². The van der Waals surface area contributed by atoms with Gasteiger partial charge >= 0.3 is 6.18 Å². The molecule has 5 rings (SSSR count). The highest BCUT2D eigenvalue weighted by Crippen LogP contribution is 2.31. The quantitative estimate of drug-likeness (QED) is 0.465. The molecule has 1 fully saturated rings. The van der Waals surface area contributed by atoms with Crippen LogP contribution in [0.25, 0.3) is 22.7 Å². The van der Waals surface area contributed by atoms with E-state index in [9.17, 15) is 18.3 Å². The standard InChI is InChI=1S/C23H23F3N6O/c1-22(33)8-2-3-16(12-22)29-17-4-5-20-28-13-18(31(20)14-17)15-6-9-27-21(11-15)32-10-7-19(30-32)23(24,25)26/h4-7,9-11,13-14,16,29,33H,2-3,8,12H2,1H3/t16-,22-/m0/s1. The summed E-state index contributed by atoms with van der Waals surface area (Å²) in [6, 6.07) is 8.40. The third-order valence-corrected chi connectivity index (χ3v) is 5.99. The summed E-state index contributed by atoms with van der Waals surface area (Å²) in [7, 11) is 0. The number of hydrogen-bond acceptors (Lipinski definition) is 5. The minimum atomic E-state index is -4.51. The van der Waals surface area contributed by atoms with Crippen molar-refractivity contribution < 1.29 is 18.3 Å². The molecule has 10 heteroatoms. The number of halogens is 3. The molecule has 2 N–H and O–H groups in total. The third kappa shape index (κ3) is 4.43. The first-order valence-electron chi connectivity index (χ1n) is 10.7. The monoisotopic (exact) mass is 456 g/mol. The Morgan fingerprint density at radius 2 is 2.03 bits per heavy atom. The Labute approximate surface area is 187 Å². The van der Waals surface area contributed by atoms with Gasteiger partial charge < -0.3 is 10.4 Å². The highest BCUT2D eigenvalue weighted by atomic mass is 19.4. The second kappa shape index (κ2) is 7.87. The minimum Gasteiger partial charge on any atom is -0.390 e. The van der Waals surface area contributed by atoms with Gasteiger partial charge in [-0.15, -0.1) is 0 Å². The second-order valence-corrected chi connectivity index (χ2v) is 8.77. The van der Waals surface area contributed by atoms with E-state index in [2.05, 4.69) is 20.4 Å². The molecule has 0 unspecified atom stereocenters. The first kappa shape index (κ1) is 21.4. The van der Waals surface area contributed by atoms with Gasteiger partial charge in [0.05, 0.1) is 23.2 Å². The molecule has 0 bridgehead atoms. The SMILES string of the molecule is C[C@]1(O)CCC[C@H](Nc2ccc3ncc(-c4ccnc(-n5ccc(C(F)(F)F)n5)c4)n3c2)C1. The van der Waals surface area contributed by atoms with Crippen LogP contribution < -0.4 is 5.32 Å². The summed E-state index contributed by atoms with van der Waals surface area (Å²) in [6.07, 6.45) is 5.36. The summed E-state index contributed by atoms with van der Waals surface area (Å²) in [5, 5.41) is 17.5. The number of aliphatic hydroxyl groups is 1. The summed E-state index contributed by atoms with van der Waals surface area (Å²) >= 11 is 0. The number of anilines is 1. The lowest BCUT2D eigenvalue weighted by atomic mass is 9.83. The molecule has 0 amide bonds. The molecule has 0 aromatic carbocycles. The predicted octanol–water partition coefficient (Wildman–Crippen LogP) is 4.71. The van der Waals surface area contributed by atoms with Crippen LogP contribution in [-0.2, 0) is 6.18 Å². The molecule has 1 saturated carbocycles. The van der Waals surface area contributed by atoms with Crippen molar-refractivity contribution in [3.05, 3.63) is 60.8 Å². The Kier molecular flexibility index (Phi) is 5.12. The predicted molar refractivity (Wildman–Crippen MR) is 117 cm³/mol. The van der Waals surface area contributed by atoms with Crippen LogP contribution in [0.2, 0.25) is 0 Å². The summed E-state index contributed by atoms with van der Waals surface area (Å²) in [6.45, 7) is 1.87. The van der Waals surface area contributed by atoms with Crippen LogP contribution in [0.15, 0.2) is 55.1 Å². The van der Waals surface area contributed by atoms with Gasteiger partial charge in [-0.3, -0.25) is 4.40 Å². The van der Waals surface area contributed by atoms with Crippen LogP contribution >= 0.6 is 0 Å². The van der Waals surface area contributed by atoms with E-state index in [-0.39, 0.29) is 11.9 Å². The van der Waals surface area contributed by atoms with Crippen molar-refractivity contribution in [2.45, 2.75) is 50.4 Å². The smallest absolute Gasteiger partial charge is 0.390 e. The highest BCUT2D eigenvalue weighted by Gasteiger charge is 2.34. The van der Waals surface area contributed by atoms with E-state index < -0.39 is 17.5 Å². The normalized spacial score (nSPS) is 21.4. The topological polar surface area (TPSA) is 80.3 Å². The molecule has 0 spiro atoms. The van der Waals surface area contributed by atoms with Crippen molar-refractivity contribution in [1.82, 2.24) is 24.1 Å². The fraction of sp³-hybridized carbons (Fsp3) is 0.348. The zero-order valence-electron chi connectivity index (χ0n) is 17.9. The number of nitrogens with zero attached hydrogens (tertiary/aromatic N) is 5. The molecule has 172 valence electrons. The molecule has 1 aliphatic rings. The van der Waals surface area contributed by atoms with Crippen LogP contribution in [0.3, 0.4) is 0 Å². The summed E-state index contributed by atoms with van der Waals surface area (Å²) in [4.78, 5) is 8.62. The fourth-order valence-corrected chi connectivity index (χ4v) is 4.41. The van der Waals surface area contributed by atoms with Crippen LogP contribution in [-0.4, -0.2) is 40.9 Å². The Morgan fingerprint density at radius 3 is 2.79 bits per heavy atom. The first-order valence-corrected chi connectivity index (χ1v) is 10.7. The van der Waals surface area contributed by atoms with E-state index >= 15 is 0 Å². The molecule has 0 radical (unpaired) electrons. The van der Waals surface area contributed by atoms with Gasteiger partial charge in [0.2, 0.25) is 0 Å². The summed E-state index contributed by atoms with van der Waals surface area (Å²) < 4.78 is 41.8. The average Bonchev–Trinajstić information content (AvgIpc) is 3.40. The van der Waals surface area contributed by atoms with Gasteiger partial charge in [0.1, 0.15) is 5.65 Å². The van der Waals surface area contributed by atoms with Gasteiger partial charge in [0.25, 0.3) is 0 Å². The molecule has 0 saturated heterocycles. The van der Waals surface area contributed by atoms with Crippen LogP contribution in [0, 0.1) is 0 Å². The fourth-order valence-electron chi connectivity index (χ4n) is 4.41. The molecule has 7 nitrogen and oxygen atoms in total. The Morgan fingerprint density at radius 1 is 1.18 bits per heavy atom. The largest absolute Gasteiger partial charge is 0.435 e. The van der Waals surface area contributed by atoms with Gasteiger partial charge in [0.15, 0.2) is 11.5 Å². The van der Waals surface area contributed by atoms with E-state index in [1.165, 1.54) is 12.4 Å². The van der Waals surface area contributed by atoms with Gasteiger partial charge in [0, 0.05) is 30.2 Å². The van der Waals surface area contributed by atoms with Crippen molar-refractivity contribution in [2.24, 2.45) is 0 Å². The molecule has 4 aromatic rings. The maximum Gasteiger partial charge on any atom is 0.435 e. The molecule has 4 heterocycles. The van der Waals surface area contributed by atoms with Crippen LogP contribution in [0.4, 0.5) is 18.9 Å². The zero-order chi connectivity index (χ0) is 23.2. The number of fused-ring (bicyclic) bond motifs is 1. The van der Waals surface area contributed by atoms with Crippen molar-refractivity contribution in [3.63, 3.8) is 0 Å². The number of hydrogen-bond donors (Lipinski definition) is 2. The van der Waals surface area contributed by atoms with Crippen LogP contribution in [0.5, 0.6) is 0 Å². The third-order valence-electron chi connectivity index (χ3n) is 5.99. The molecule has 0 aliphatic heterocycles. The molecular weight excluding hydrogens is 433 g/mol. The molecule has 33 heavy (non-hydrogen) atoms. The van der Waals surface area contributed by atoms with E-state index in [0.717, 1.165) is 52.6 Å². The molecule has 4 aromatic heterocycles. The van der Waals surface area contributed by atoms with Gasteiger partial charge in [-0.05, 0) is 62.9 Å². The van der Waals surface area contributed by atoms with E-state index in [1.54, 1.807) is 18.3 Å². The number of alkyl halides is 3. The lowest BCUT2D eigenvalue weighted by Crippen LogP contribution is -2.38. The Balaban J connectivity index is 1.45. The van der Waals surface area contributed by atoms with Crippen molar-refractivity contribution in [2.75, 3.05) is 5.32 Å². The van der Waals surface area contributed by atoms with Crippen LogP contribution in [0.1, 0.15) is 38.3 Å². The van der Waals surface area contributed by atoms with Gasteiger partial charge in [-0.25, -0.2) is 14.6 Å².